The third-order valence-corrected chi connectivity index (χ3v) is 9.23. The van der Waals surface area contributed by atoms with Crippen molar-refractivity contribution in [1.82, 2.24) is 20.0 Å². The predicted octanol–water partition coefficient (Wildman–Crippen LogP) is 5.87. The lowest BCUT2D eigenvalue weighted by atomic mass is 10.1. The number of hydrogen-bond donors (Lipinski definition) is 1. The summed E-state index contributed by atoms with van der Waals surface area (Å²) in [5.41, 5.74) is 6.60. The number of nitrogens with zero attached hydrogens (tertiary/aromatic N) is 4. The molecule has 1 aliphatic carbocycles. The lowest BCUT2D eigenvalue weighted by molar-refractivity contribution is -0.119. The molecule has 0 unspecified atom stereocenters. The minimum absolute atomic E-state index is 0.00901. The molecule has 1 spiro atoms. The molecule has 0 saturated heterocycles. The van der Waals surface area contributed by atoms with Gasteiger partial charge < -0.3 is 24.6 Å². The number of aromatic nitrogens is 2. The van der Waals surface area contributed by atoms with Gasteiger partial charge in [0.25, 0.3) is 5.91 Å². The normalized spacial score (nSPS) is 14.8. The fourth-order valence-electron chi connectivity index (χ4n) is 6.01. The second-order valence-corrected chi connectivity index (χ2v) is 13.3. The van der Waals surface area contributed by atoms with E-state index in [9.17, 15) is 9.59 Å². The van der Waals surface area contributed by atoms with E-state index in [-0.39, 0.29) is 17.2 Å². The number of rotatable bonds is 12. The highest BCUT2D eigenvalue weighted by Crippen LogP contribution is 2.52. The predicted molar refractivity (Wildman–Crippen MR) is 184 cm³/mol. The van der Waals surface area contributed by atoms with Gasteiger partial charge in [-0.05, 0) is 88.2 Å². The summed E-state index contributed by atoms with van der Waals surface area (Å²) in [6, 6.07) is 19.7. The van der Waals surface area contributed by atoms with Crippen LogP contribution in [0.5, 0.6) is 11.5 Å². The Balaban J connectivity index is 1.15. The molecule has 47 heavy (non-hydrogen) atoms. The van der Waals surface area contributed by atoms with Gasteiger partial charge in [0.1, 0.15) is 5.75 Å². The summed E-state index contributed by atoms with van der Waals surface area (Å²) in [5.74, 6) is 1.61. The summed E-state index contributed by atoms with van der Waals surface area (Å²) >= 11 is 0. The van der Waals surface area contributed by atoms with Gasteiger partial charge in [0.15, 0.2) is 5.75 Å². The molecule has 2 heterocycles. The Bertz CT molecular complexity index is 1740. The van der Waals surface area contributed by atoms with Crippen molar-refractivity contribution in [2.75, 3.05) is 51.8 Å². The first-order valence-electron chi connectivity index (χ1n) is 16.5. The van der Waals surface area contributed by atoms with Crippen molar-refractivity contribution in [2.24, 2.45) is 5.41 Å². The number of carbonyl (C=O) groups excluding carboxylic acids is 2. The summed E-state index contributed by atoms with van der Waals surface area (Å²) < 4.78 is 14.4. The second kappa shape index (κ2) is 14.0. The number of hydrogen-bond acceptors (Lipinski definition) is 6. The molecule has 0 radical (unpaired) electrons. The van der Waals surface area contributed by atoms with Crippen LogP contribution in [-0.2, 0) is 11.3 Å². The maximum atomic E-state index is 13.7. The van der Waals surface area contributed by atoms with Gasteiger partial charge in [-0.15, -0.1) is 0 Å². The highest BCUT2D eigenvalue weighted by Gasteiger charge is 2.48. The number of fused-ring (bicyclic) bond motifs is 1. The molecule has 9 nitrogen and oxygen atoms in total. The van der Waals surface area contributed by atoms with E-state index in [0.717, 1.165) is 58.8 Å². The van der Waals surface area contributed by atoms with Crippen LogP contribution in [0.25, 0.3) is 11.1 Å². The number of carbonyl (C=O) groups is 2. The van der Waals surface area contributed by atoms with Gasteiger partial charge in [0, 0.05) is 54.4 Å². The molecule has 0 bridgehead atoms. The quantitative estimate of drug-likeness (QED) is 0.196. The van der Waals surface area contributed by atoms with Gasteiger partial charge in [-0.25, -0.2) is 0 Å². The fourth-order valence-corrected chi connectivity index (χ4v) is 6.01. The van der Waals surface area contributed by atoms with Gasteiger partial charge in [-0.2, -0.15) is 5.10 Å². The monoisotopic (exact) mass is 635 g/mol. The van der Waals surface area contributed by atoms with Crippen molar-refractivity contribution in [3.8, 4) is 22.6 Å². The summed E-state index contributed by atoms with van der Waals surface area (Å²) in [6.07, 6.45) is 6.98. The molecule has 1 aromatic heterocycles. The summed E-state index contributed by atoms with van der Waals surface area (Å²) in [5, 5.41) is 7.62. The Labute approximate surface area is 277 Å². The molecule has 6 rings (SSSR count). The van der Waals surface area contributed by atoms with Gasteiger partial charge >= 0.3 is 0 Å². The van der Waals surface area contributed by atoms with E-state index >= 15 is 0 Å². The molecule has 0 atom stereocenters. The van der Waals surface area contributed by atoms with E-state index in [1.807, 2.05) is 95.6 Å². The van der Waals surface area contributed by atoms with E-state index in [0.29, 0.717) is 51.3 Å². The molecule has 2 amide bonds. The summed E-state index contributed by atoms with van der Waals surface area (Å²) in [6.45, 7) is 7.78. The van der Waals surface area contributed by atoms with E-state index in [4.69, 9.17) is 9.47 Å². The number of likely N-dealkylation sites (N-methyl/N-ethyl adjacent to an activating group) is 1. The molecule has 1 fully saturated rings. The minimum atomic E-state index is -0.0829. The topological polar surface area (TPSA) is 88.9 Å². The third-order valence-electron chi connectivity index (χ3n) is 9.23. The zero-order valence-electron chi connectivity index (χ0n) is 27.9. The average molecular weight is 636 g/mol. The zero-order valence-corrected chi connectivity index (χ0v) is 27.9. The van der Waals surface area contributed by atoms with E-state index in [1.54, 1.807) is 0 Å². The summed E-state index contributed by atoms with van der Waals surface area (Å²) in [7, 11) is 3.96. The lowest BCUT2D eigenvalue weighted by Crippen LogP contribution is -2.36. The highest BCUT2D eigenvalue weighted by molar-refractivity contribution is 5.97. The molecule has 4 aromatic rings. The minimum Gasteiger partial charge on any atom is -0.493 e. The van der Waals surface area contributed by atoms with E-state index in [2.05, 4.69) is 30.3 Å². The van der Waals surface area contributed by atoms with Gasteiger partial charge in [0.2, 0.25) is 5.91 Å². The molecule has 1 N–H and O–H groups in total. The van der Waals surface area contributed by atoms with Crippen molar-refractivity contribution < 1.29 is 19.1 Å². The van der Waals surface area contributed by atoms with Gasteiger partial charge in [-0.1, -0.05) is 36.4 Å². The Kier molecular flexibility index (Phi) is 9.63. The molecular formula is C38H45N5O4. The standard InChI is InChI=1S/C38H45N5O4/c1-27-9-5-14-34(28(27)2)46-20-8-15-35(44)43-25-38(16-17-38)26-47-36-32(12-7-13-33(36)43)31-22-40-42(24-31)23-29-10-6-11-30(21-29)37(45)39-18-19-41(3)4/h5-7,9-14,21-22,24H,8,15-20,23,25-26H2,1-4H3,(H,39,45). The average Bonchev–Trinajstić information content (AvgIpc) is 3.72. The first-order chi connectivity index (χ1) is 22.7. The molecule has 9 heteroatoms. The number of ether oxygens (including phenoxy) is 2. The van der Waals surface area contributed by atoms with E-state index in [1.165, 1.54) is 5.56 Å². The first-order valence-corrected chi connectivity index (χ1v) is 16.5. The van der Waals surface area contributed by atoms with Crippen LogP contribution < -0.4 is 19.7 Å². The SMILES string of the molecule is Cc1cccc(OCCCC(=O)N2CC3(CC3)COc3c(-c4cnn(Cc5cccc(C(=O)NCCN(C)C)c5)c4)cccc32)c1C. The Morgan fingerprint density at radius 2 is 1.87 bits per heavy atom. The third kappa shape index (κ3) is 7.68. The number of aryl methyl sites for hydroxylation is 1. The maximum Gasteiger partial charge on any atom is 0.251 e. The number of nitrogens with one attached hydrogen (secondary N) is 1. The second-order valence-electron chi connectivity index (χ2n) is 13.3. The van der Waals surface area contributed by atoms with Gasteiger partial charge in [0.05, 0.1) is 31.6 Å². The van der Waals surface area contributed by atoms with Crippen LogP contribution in [0.1, 0.15) is 52.7 Å². The molecule has 3 aromatic carbocycles. The number of benzene rings is 3. The van der Waals surface area contributed by atoms with Crippen LogP contribution in [0.4, 0.5) is 5.69 Å². The van der Waals surface area contributed by atoms with Crippen LogP contribution in [0.3, 0.4) is 0 Å². The highest BCUT2D eigenvalue weighted by atomic mass is 16.5. The van der Waals surface area contributed by atoms with Crippen LogP contribution in [0.2, 0.25) is 0 Å². The zero-order chi connectivity index (χ0) is 33.0. The number of para-hydroxylation sites is 1. The Morgan fingerprint density at radius 1 is 1.06 bits per heavy atom. The van der Waals surface area contributed by atoms with Crippen molar-refractivity contribution >= 4 is 17.5 Å². The number of amides is 2. The molecular weight excluding hydrogens is 590 g/mol. The van der Waals surface area contributed by atoms with Crippen molar-refractivity contribution in [2.45, 2.75) is 46.1 Å². The van der Waals surface area contributed by atoms with Gasteiger partial charge in [-0.3, -0.25) is 14.3 Å². The first kappa shape index (κ1) is 32.3. The smallest absolute Gasteiger partial charge is 0.251 e. The maximum absolute atomic E-state index is 13.7. The Hall–Kier alpha value is -4.63. The van der Waals surface area contributed by atoms with Crippen LogP contribution >= 0.6 is 0 Å². The van der Waals surface area contributed by atoms with Crippen LogP contribution in [0.15, 0.2) is 73.1 Å². The van der Waals surface area contributed by atoms with E-state index < -0.39 is 0 Å². The molecule has 1 saturated carbocycles. The number of anilines is 1. The Morgan fingerprint density at radius 3 is 2.68 bits per heavy atom. The van der Waals surface area contributed by atoms with Crippen molar-refractivity contribution in [3.05, 3.63) is 95.3 Å². The largest absolute Gasteiger partial charge is 0.493 e. The van der Waals surface area contributed by atoms with Crippen molar-refractivity contribution in [1.29, 1.82) is 0 Å². The fraction of sp³-hybridized carbons (Fsp3) is 0.395. The van der Waals surface area contributed by atoms with Crippen molar-refractivity contribution in [3.63, 3.8) is 0 Å². The van der Waals surface area contributed by atoms with Crippen LogP contribution in [-0.4, -0.2) is 73.4 Å². The summed E-state index contributed by atoms with van der Waals surface area (Å²) in [4.78, 5) is 30.4. The molecule has 2 aliphatic rings. The lowest BCUT2D eigenvalue weighted by Gasteiger charge is -2.25. The molecule has 246 valence electrons. The molecule has 1 aliphatic heterocycles. The van der Waals surface area contributed by atoms with Crippen LogP contribution in [0, 0.1) is 19.3 Å².